The van der Waals surface area contributed by atoms with Gasteiger partial charge < -0.3 is 15.6 Å². The smallest absolute Gasteiger partial charge is 0.255 e. The molecule has 3 unspecified atom stereocenters. The summed E-state index contributed by atoms with van der Waals surface area (Å²) in [6, 6.07) is 16.6. The molecule has 3 atom stereocenters. The number of pyridine rings is 1. The van der Waals surface area contributed by atoms with Gasteiger partial charge in [-0.3, -0.25) is 14.6 Å². The summed E-state index contributed by atoms with van der Waals surface area (Å²) in [7, 11) is 0. The second-order valence-corrected chi connectivity index (χ2v) is 9.34. The molecule has 2 saturated carbocycles. The summed E-state index contributed by atoms with van der Waals surface area (Å²) in [6.45, 7) is 0. The summed E-state index contributed by atoms with van der Waals surface area (Å²) >= 11 is 0. The maximum atomic E-state index is 12.8. The summed E-state index contributed by atoms with van der Waals surface area (Å²) in [6.07, 6.45) is 8.20. The number of aromatic nitrogens is 3. The zero-order valence-corrected chi connectivity index (χ0v) is 18.6. The normalized spacial score (nSPS) is 21.0. The van der Waals surface area contributed by atoms with Crippen molar-refractivity contribution in [3.63, 3.8) is 0 Å². The number of H-pyrrole nitrogens is 1. The fraction of sp³-hybridized carbons (Fsp3) is 0.259. The van der Waals surface area contributed by atoms with E-state index >= 15 is 0 Å². The summed E-state index contributed by atoms with van der Waals surface area (Å²) in [5.41, 5.74) is 4.37. The molecule has 0 aliphatic heterocycles. The highest BCUT2D eigenvalue weighted by molar-refractivity contribution is 6.04. The molecule has 0 saturated heterocycles. The van der Waals surface area contributed by atoms with Gasteiger partial charge in [0.15, 0.2) is 0 Å². The van der Waals surface area contributed by atoms with Gasteiger partial charge in [-0.25, -0.2) is 4.98 Å². The molecule has 4 aromatic rings. The molecule has 0 spiro atoms. The minimum Gasteiger partial charge on any atom is -0.349 e. The van der Waals surface area contributed by atoms with Gasteiger partial charge in [0.2, 0.25) is 0 Å². The highest BCUT2D eigenvalue weighted by Gasteiger charge is 2.40. The molecule has 6 rings (SSSR count). The van der Waals surface area contributed by atoms with Crippen LogP contribution in [0.4, 0.5) is 5.69 Å². The number of hydrogen-bond acceptors (Lipinski definition) is 4. The second-order valence-electron chi connectivity index (χ2n) is 9.34. The Kier molecular flexibility index (Phi) is 5.09. The number of imidazole rings is 1. The fourth-order valence-electron chi connectivity index (χ4n) is 5.38. The van der Waals surface area contributed by atoms with Crippen molar-refractivity contribution in [3.8, 4) is 11.4 Å². The van der Waals surface area contributed by atoms with Gasteiger partial charge in [-0.2, -0.15) is 0 Å². The first-order chi connectivity index (χ1) is 16.6. The summed E-state index contributed by atoms with van der Waals surface area (Å²) in [5.74, 6) is 1.93. The Bertz CT molecular complexity index is 1360. The van der Waals surface area contributed by atoms with Gasteiger partial charge >= 0.3 is 0 Å². The standard InChI is InChI=1S/C27H25N5O2/c33-26(29-21-9-11-28-12-10-21)18-5-3-17(4-6-18)25-30-22-8-7-20(15-24(22)31-25)27(34)32-23-14-16-1-2-19(23)13-16/h3-12,15-16,19,23H,1-2,13-14H2,(H,30,31)(H,32,34)(H,28,29,33). The largest absolute Gasteiger partial charge is 0.349 e. The molecular formula is C27H25N5O2. The predicted molar refractivity (Wildman–Crippen MR) is 130 cm³/mol. The van der Waals surface area contributed by atoms with Crippen molar-refractivity contribution in [1.82, 2.24) is 20.3 Å². The third-order valence-electron chi connectivity index (χ3n) is 7.16. The highest BCUT2D eigenvalue weighted by Crippen LogP contribution is 2.44. The number of aromatic amines is 1. The molecule has 7 heteroatoms. The maximum absolute atomic E-state index is 12.8. The molecule has 2 fully saturated rings. The van der Waals surface area contributed by atoms with Gasteiger partial charge in [0, 0.05) is 40.8 Å². The van der Waals surface area contributed by atoms with Gasteiger partial charge in [-0.15, -0.1) is 0 Å². The van der Waals surface area contributed by atoms with E-state index in [1.807, 2.05) is 30.3 Å². The van der Waals surface area contributed by atoms with Crippen molar-refractivity contribution in [1.29, 1.82) is 0 Å². The third-order valence-corrected chi connectivity index (χ3v) is 7.16. The molecule has 34 heavy (non-hydrogen) atoms. The van der Waals surface area contributed by atoms with Crippen LogP contribution in [0.2, 0.25) is 0 Å². The zero-order valence-electron chi connectivity index (χ0n) is 18.6. The van der Waals surface area contributed by atoms with E-state index in [1.165, 1.54) is 19.3 Å². The van der Waals surface area contributed by atoms with Crippen molar-refractivity contribution in [2.24, 2.45) is 11.8 Å². The van der Waals surface area contributed by atoms with Crippen LogP contribution < -0.4 is 10.6 Å². The van der Waals surface area contributed by atoms with Gasteiger partial charge in [0.25, 0.3) is 11.8 Å². The Balaban J connectivity index is 1.17. The molecule has 2 aliphatic carbocycles. The first-order valence-electron chi connectivity index (χ1n) is 11.7. The molecule has 2 heterocycles. The van der Waals surface area contributed by atoms with E-state index in [0.29, 0.717) is 34.6 Å². The summed E-state index contributed by atoms with van der Waals surface area (Å²) in [4.78, 5) is 37.3. The minimum absolute atomic E-state index is 0.0137. The molecule has 2 aromatic heterocycles. The monoisotopic (exact) mass is 451 g/mol. The first kappa shape index (κ1) is 20.6. The Morgan fingerprint density at radius 1 is 0.882 bits per heavy atom. The quantitative estimate of drug-likeness (QED) is 0.406. The molecular weight excluding hydrogens is 426 g/mol. The van der Waals surface area contributed by atoms with Crippen molar-refractivity contribution in [2.75, 3.05) is 5.32 Å². The zero-order chi connectivity index (χ0) is 23.1. The van der Waals surface area contributed by atoms with Gasteiger partial charge in [-0.1, -0.05) is 18.6 Å². The van der Waals surface area contributed by atoms with Crippen LogP contribution in [-0.2, 0) is 0 Å². The number of hydrogen-bond donors (Lipinski definition) is 3. The van der Waals surface area contributed by atoms with Crippen LogP contribution in [0.15, 0.2) is 67.0 Å². The first-order valence-corrected chi connectivity index (χ1v) is 11.7. The molecule has 2 aromatic carbocycles. The molecule has 3 N–H and O–H groups in total. The van der Waals surface area contributed by atoms with Gasteiger partial charge in [-0.05, 0) is 73.6 Å². The predicted octanol–water partition coefficient (Wildman–Crippen LogP) is 4.80. The number of fused-ring (bicyclic) bond motifs is 3. The van der Waals surface area contributed by atoms with Crippen LogP contribution in [0.5, 0.6) is 0 Å². The lowest BCUT2D eigenvalue weighted by atomic mass is 9.95. The number of nitrogens with one attached hydrogen (secondary N) is 3. The molecule has 0 radical (unpaired) electrons. The highest BCUT2D eigenvalue weighted by atomic mass is 16.2. The number of nitrogens with zero attached hydrogens (tertiary/aromatic N) is 2. The van der Waals surface area contributed by atoms with E-state index in [0.717, 1.165) is 28.9 Å². The van der Waals surface area contributed by atoms with Crippen LogP contribution in [0, 0.1) is 11.8 Å². The molecule has 2 aliphatic rings. The Morgan fingerprint density at radius 2 is 1.68 bits per heavy atom. The lowest BCUT2D eigenvalue weighted by Crippen LogP contribution is -2.38. The third kappa shape index (κ3) is 3.94. The number of carbonyl (C=O) groups is 2. The van der Waals surface area contributed by atoms with Crippen LogP contribution in [-0.4, -0.2) is 32.8 Å². The summed E-state index contributed by atoms with van der Waals surface area (Å²) < 4.78 is 0. The lowest BCUT2D eigenvalue weighted by molar-refractivity contribution is 0.0922. The number of benzene rings is 2. The molecule has 2 amide bonds. The van der Waals surface area contributed by atoms with Gasteiger partial charge in [0.1, 0.15) is 5.82 Å². The number of rotatable bonds is 5. The second kappa shape index (κ2) is 8.41. The lowest BCUT2D eigenvalue weighted by Gasteiger charge is -2.22. The van der Waals surface area contributed by atoms with E-state index < -0.39 is 0 Å². The maximum Gasteiger partial charge on any atom is 0.255 e. The van der Waals surface area contributed by atoms with Crippen LogP contribution in [0.1, 0.15) is 46.4 Å². The van der Waals surface area contributed by atoms with E-state index in [2.05, 4.69) is 25.6 Å². The van der Waals surface area contributed by atoms with Crippen molar-refractivity contribution in [2.45, 2.75) is 31.7 Å². The van der Waals surface area contributed by atoms with E-state index in [9.17, 15) is 9.59 Å². The fourth-order valence-corrected chi connectivity index (χ4v) is 5.38. The van der Waals surface area contributed by atoms with Crippen molar-refractivity contribution < 1.29 is 9.59 Å². The van der Waals surface area contributed by atoms with E-state index in [1.54, 1.807) is 36.7 Å². The Morgan fingerprint density at radius 3 is 2.41 bits per heavy atom. The molecule has 7 nitrogen and oxygen atoms in total. The summed E-state index contributed by atoms with van der Waals surface area (Å²) in [5, 5.41) is 6.10. The molecule has 170 valence electrons. The number of carbonyl (C=O) groups excluding carboxylic acids is 2. The SMILES string of the molecule is O=C(Nc1ccncc1)c1ccc(-c2nc3ccc(C(=O)NC4CC5CCC4C5)cc3[nH]2)cc1. The Hall–Kier alpha value is -4.00. The number of amides is 2. The van der Waals surface area contributed by atoms with Crippen molar-refractivity contribution in [3.05, 3.63) is 78.1 Å². The minimum atomic E-state index is -0.187. The van der Waals surface area contributed by atoms with Gasteiger partial charge in [0.05, 0.1) is 11.0 Å². The van der Waals surface area contributed by atoms with Crippen LogP contribution in [0.25, 0.3) is 22.4 Å². The van der Waals surface area contributed by atoms with Crippen LogP contribution in [0.3, 0.4) is 0 Å². The average molecular weight is 452 g/mol. The van der Waals surface area contributed by atoms with E-state index in [4.69, 9.17) is 0 Å². The number of anilines is 1. The molecule has 2 bridgehead atoms. The Labute approximate surface area is 197 Å². The van der Waals surface area contributed by atoms with E-state index in [-0.39, 0.29) is 11.8 Å². The van der Waals surface area contributed by atoms with Crippen molar-refractivity contribution >= 4 is 28.5 Å². The topological polar surface area (TPSA) is 99.8 Å². The average Bonchev–Trinajstić information content (AvgIpc) is 3.60. The van der Waals surface area contributed by atoms with Crippen LogP contribution >= 0.6 is 0 Å².